The van der Waals surface area contributed by atoms with Crippen LogP contribution in [0.25, 0.3) is 6.08 Å². The number of methoxy groups -OCH3 is 3. The Bertz CT molecular complexity index is 1050. The summed E-state index contributed by atoms with van der Waals surface area (Å²) in [5.41, 5.74) is 0.642. The fourth-order valence-electron chi connectivity index (χ4n) is 2.94. The summed E-state index contributed by atoms with van der Waals surface area (Å²) < 4.78 is 15.9. The van der Waals surface area contributed by atoms with Crippen LogP contribution in [0.15, 0.2) is 41.3 Å². The van der Waals surface area contributed by atoms with Crippen LogP contribution in [-0.2, 0) is 11.3 Å². The lowest BCUT2D eigenvalue weighted by Gasteiger charge is -2.13. The molecule has 2 aromatic rings. The van der Waals surface area contributed by atoms with Crippen molar-refractivity contribution in [3.05, 3.63) is 62.5 Å². The van der Waals surface area contributed by atoms with E-state index in [1.54, 1.807) is 18.2 Å². The number of nitro groups is 1. The van der Waals surface area contributed by atoms with E-state index < -0.39 is 16.1 Å². The Morgan fingerprint density at radius 1 is 1.03 bits per heavy atom. The third-order valence-corrected chi connectivity index (χ3v) is 5.32. The van der Waals surface area contributed by atoms with Gasteiger partial charge in [0.1, 0.15) is 5.75 Å². The number of para-hydroxylation sites is 1. The largest absolute Gasteiger partial charge is 0.496 e. The molecule has 1 aliphatic rings. The van der Waals surface area contributed by atoms with Crippen LogP contribution >= 0.6 is 11.8 Å². The molecule has 0 aromatic heterocycles. The summed E-state index contributed by atoms with van der Waals surface area (Å²) in [6.07, 6.45) is 1.52. The van der Waals surface area contributed by atoms with E-state index in [9.17, 15) is 19.7 Å². The Kier molecular flexibility index (Phi) is 6.26. The number of nitro benzene ring substituents is 1. The van der Waals surface area contributed by atoms with Gasteiger partial charge in [0.15, 0.2) is 11.5 Å². The van der Waals surface area contributed by atoms with Crippen LogP contribution in [-0.4, -0.2) is 42.3 Å². The van der Waals surface area contributed by atoms with Crippen molar-refractivity contribution in [3.63, 3.8) is 0 Å². The Morgan fingerprint density at radius 2 is 1.67 bits per heavy atom. The lowest BCUT2D eigenvalue weighted by atomic mass is 10.1. The van der Waals surface area contributed by atoms with Gasteiger partial charge in [-0.2, -0.15) is 0 Å². The maximum atomic E-state index is 12.8. The van der Waals surface area contributed by atoms with Crippen molar-refractivity contribution in [1.82, 2.24) is 4.90 Å². The average molecular weight is 430 g/mol. The first kappa shape index (κ1) is 21.2. The minimum Gasteiger partial charge on any atom is -0.496 e. The third kappa shape index (κ3) is 4.08. The Labute approximate surface area is 176 Å². The van der Waals surface area contributed by atoms with E-state index in [0.717, 1.165) is 16.7 Å². The second kappa shape index (κ2) is 8.87. The van der Waals surface area contributed by atoms with Crippen LogP contribution in [0, 0.1) is 10.1 Å². The van der Waals surface area contributed by atoms with Crippen LogP contribution in [0.3, 0.4) is 0 Å². The monoisotopic (exact) mass is 430 g/mol. The first-order valence-electron chi connectivity index (χ1n) is 8.67. The number of hydrogen-bond donors (Lipinski definition) is 0. The van der Waals surface area contributed by atoms with Gasteiger partial charge >= 0.3 is 0 Å². The molecule has 0 bridgehead atoms. The number of rotatable bonds is 7. The molecule has 156 valence electrons. The van der Waals surface area contributed by atoms with Crippen molar-refractivity contribution in [2.45, 2.75) is 6.54 Å². The van der Waals surface area contributed by atoms with E-state index in [1.807, 2.05) is 0 Å². The molecule has 2 amide bonds. The van der Waals surface area contributed by atoms with Crippen molar-refractivity contribution in [2.75, 3.05) is 21.3 Å². The fraction of sp³-hybridized carbons (Fsp3) is 0.200. The highest BCUT2D eigenvalue weighted by atomic mass is 32.2. The molecule has 0 saturated carbocycles. The number of carbonyl (C=O) groups excluding carboxylic acids is 2. The molecule has 3 rings (SSSR count). The van der Waals surface area contributed by atoms with Gasteiger partial charge in [0, 0.05) is 23.3 Å². The zero-order chi connectivity index (χ0) is 21.8. The Balaban J connectivity index is 1.93. The maximum Gasteiger partial charge on any atom is 0.293 e. The summed E-state index contributed by atoms with van der Waals surface area (Å²) in [5, 5.41) is 10.7. The molecule has 0 spiro atoms. The summed E-state index contributed by atoms with van der Waals surface area (Å²) in [7, 11) is 4.44. The molecule has 1 saturated heterocycles. The molecule has 1 aliphatic heterocycles. The zero-order valence-corrected chi connectivity index (χ0v) is 17.2. The highest BCUT2D eigenvalue weighted by molar-refractivity contribution is 8.18. The van der Waals surface area contributed by atoms with Crippen molar-refractivity contribution < 1.29 is 28.7 Å². The van der Waals surface area contributed by atoms with Gasteiger partial charge in [0.25, 0.3) is 16.8 Å². The summed E-state index contributed by atoms with van der Waals surface area (Å²) in [4.78, 5) is 37.1. The first-order valence-corrected chi connectivity index (χ1v) is 9.49. The van der Waals surface area contributed by atoms with E-state index in [2.05, 4.69) is 0 Å². The Hall–Kier alpha value is -3.53. The van der Waals surface area contributed by atoms with E-state index in [1.165, 1.54) is 45.6 Å². The molecule has 0 radical (unpaired) electrons. The molecular weight excluding hydrogens is 412 g/mol. The minimum atomic E-state index is -0.543. The lowest BCUT2D eigenvalue weighted by molar-refractivity contribution is -0.385. The molecule has 0 atom stereocenters. The zero-order valence-electron chi connectivity index (χ0n) is 16.4. The topological polar surface area (TPSA) is 108 Å². The summed E-state index contributed by atoms with van der Waals surface area (Å²) in [5.74, 6) is 0.776. The van der Waals surface area contributed by atoms with Crippen LogP contribution in [0.5, 0.6) is 17.2 Å². The molecule has 30 heavy (non-hydrogen) atoms. The van der Waals surface area contributed by atoms with Crippen molar-refractivity contribution in [3.8, 4) is 17.2 Å². The van der Waals surface area contributed by atoms with Gasteiger partial charge in [-0.1, -0.05) is 18.2 Å². The number of carbonyl (C=O) groups is 2. The fourth-order valence-corrected chi connectivity index (χ4v) is 3.77. The minimum absolute atomic E-state index is 0.151. The molecule has 10 heteroatoms. The molecule has 0 unspecified atom stereocenters. The van der Waals surface area contributed by atoms with Gasteiger partial charge in [-0.3, -0.25) is 24.6 Å². The first-order chi connectivity index (χ1) is 14.4. The van der Waals surface area contributed by atoms with Gasteiger partial charge in [-0.15, -0.1) is 0 Å². The quantitative estimate of drug-likeness (QED) is 0.370. The number of amides is 2. The summed E-state index contributed by atoms with van der Waals surface area (Å²) >= 11 is 0.754. The van der Waals surface area contributed by atoms with E-state index in [0.29, 0.717) is 22.8 Å². The molecule has 0 N–H and O–H groups in total. The highest BCUT2D eigenvalue weighted by Gasteiger charge is 2.36. The summed E-state index contributed by atoms with van der Waals surface area (Å²) in [6.45, 7) is -0.192. The number of benzene rings is 2. The standard InChI is InChI=1S/C20H18N2O7S/c1-27-15-10-17(29-3)16(28-2)8-13(15)9-18-19(23)21(20(24)30-18)11-12-6-4-5-7-14(12)22(25)26/h4-10H,11H2,1-3H3/b18-9-. The maximum absolute atomic E-state index is 12.8. The van der Waals surface area contributed by atoms with Gasteiger partial charge in [-0.05, 0) is 23.9 Å². The van der Waals surface area contributed by atoms with E-state index in [4.69, 9.17) is 14.2 Å². The van der Waals surface area contributed by atoms with Crippen molar-refractivity contribution >= 4 is 34.7 Å². The van der Waals surface area contributed by atoms with Gasteiger partial charge in [0.2, 0.25) is 0 Å². The van der Waals surface area contributed by atoms with Crippen LogP contribution in [0.4, 0.5) is 10.5 Å². The number of hydrogen-bond acceptors (Lipinski definition) is 8. The predicted octanol–water partition coefficient (Wildman–Crippen LogP) is 3.86. The van der Waals surface area contributed by atoms with Gasteiger partial charge in [-0.25, -0.2) is 0 Å². The van der Waals surface area contributed by atoms with Crippen LogP contribution < -0.4 is 14.2 Å². The molecule has 0 aliphatic carbocycles. The molecule has 1 fully saturated rings. The van der Waals surface area contributed by atoms with Crippen molar-refractivity contribution in [1.29, 1.82) is 0 Å². The molecule has 1 heterocycles. The molecule has 2 aromatic carbocycles. The molecule has 9 nitrogen and oxygen atoms in total. The lowest BCUT2D eigenvalue weighted by Crippen LogP contribution is -2.27. The third-order valence-electron chi connectivity index (χ3n) is 4.41. The second-order valence-corrected chi connectivity index (χ2v) is 7.10. The van der Waals surface area contributed by atoms with Crippen LogP contribution in [0.1, 0.15) is 11.1 Å². The van der Waals surface area contributed by atoms with Crippen LogP contribution in [0.2, 0.25) is 0 Å². The van der Waals surface area contributed by atoms with E-state index >= 15 is 0 Å². The number of thioether (sulfide) groups is 1. The van der Waals surface area contributed by atoms with E-state index in [-0.39, 0.29) is 22.7 Å². The number of nitrogens with zero attached hydrogens (tertiary/aromatic N) is 2. The van der Waals surface area contributed by atoms with Crippen molar-refractivity contribution in [2.24, 2.45) is 0 Å². The Morgan fingerprint density at radius 3 is 2.30 bits per heavy atom. The average Bonchev–Trinajstić information content (AvgIpc) is 3.00. The highest BCUT2D eigenvalue weighted by Crippen LogP contribution is 2.39. The smallest absolute Gasteiger partial charge is 0.293 e. The van der Waals surface area contributed by atoms with Gasteiger partial charge in [0.05, 0.1) is 37.7 Å². The number of ether oxygens (including phenoxy) is 3. The SMILES string of the molecule is COc1cc(OC)c(OC)cc1/C=C1\SC(=O)N(Cc2ccccc2[N+](=O)[O-])C1=O. The second-order valence-electron chi connectivity index (χ2n) is 6.10. The molecular formula is C20H18N2O7S. The summed E-state index contributed by atoms with van der Waals surface area (Å²) in [6, 6.07) is 9.24. The van der Waals surface area contributed by atoms with Gasteiger partial charge < -0.3 is 14.2 Å². The number of imide groups is 1. The predicted molar refractivity (Wildman–Crippen MR) is 111 cm³/mol. The normalized spacial score (nSPS) is 14.9.